The quantitative estimate of drug-likeness (QED) is 0.477. The van der Waals surface area contributed by atoms with Gasteiger partial charge < -0.3 is 5.11 Å². The fraction of sp³-hybridized carbons (Fsp3) is 0.304. The largest absolute Gasteiger partial charge is 0.854 e. The third-order valence-electron chi connectivity index (χ3n) is 5.20. The highest BCUT2D eigenvalue weighted by Crippen LogP contribution is 2.41. The Labute approximate surface area is 180 Å². The zero-order chi connectivity index (χ0) is 21.4. The van der Waals surface area contributed by atoms with Crippen molar-refractivity contribution in [2.45, 2.75) is 45.4 Å². The molecule has 0 N–H and O–H groups in total. The van der Waals surface area contributed by atoms with Crippen LogP contribution in [-0.2, 0) is 4.79 Å². The summed E-state index contributed by atoms with van der Waals surface area (Å²) in [5.74, 6) is 0.384. The number of anilines is 1. The molecule has 3 aromatic rings. The third kappa shape index (κ3) is 3.43. The number of benzene rings is 2. The lowest BCUT2D eigenvalue weighted by molar-refractivity contribution is -0.764. The molecule has 0 spiro atoms. The zero-order valence-corrected chi connectivity index (χ0v) is 18.4. The Morgan fingerprint density at radius 1 is 1.23 bits per heavy atom. The van der Waals surface area contributed by atoms with Crippen molar-refractivity contribution in [1.29, 1.82) is 0 Å². The van der Waals surface area contributed by atoms with Gasteiger partial charge in [-0.3, -0.25) is 4.79 Å². The summed E-state index contributed by atoms with van der Waals surface area (Å²) in [6.45, 7) is 7.65. The van der Waals surface area contributed by atoms with Crippen LogP contribution < -0.4 is 14.7 Å². The lowest BCUT2D eigenvalue weighted by Gasteiger charge is -2.33. The molecule has 4 rings (SSSR count). The van der Waals surface area contributed by atoms with Gasteiger partial charge in [0.2, 0.25) is 5.91 Å². The van der Waals surface area contributed by atoms with E-state index in [9.17, 15) is 9.90 Å². The average Bonchev–Trinajstić information content (AvgIpc) is 2.72. The molecule has 0 bridgehead atoms. The summed E-state index contributed by atoms with van der Waals surface area (Å²) in [6, 6.07) is 13.6. The summed E-state index contributed by atoms with van der Waals surface area (Å²) < 4.78 is 1.69. The van der Waals surface area contributed by atoms with Crippen molar-refractivity contribution in [1.82, 2.24) is 10.1 Å². The smallest absolute Gasteiger partial charge is 0.293 e. The van der Waals surface area contributed by atoms with Gasteiger partial charge in [-0.2, -0.15) is 0 Å². The second kappa shape index (κ2) is 8.07. The maximum Gasteiger partial charge on any atom is 0.293 e. The van der Waals surface area contributed by atoms with Gasteiger partial charge in [0.15, 0.2) is 0 Å². The van der Waals surface area contributed by atoms with Crippen molar-refractivity contribution >= 4 is 23.4 Å². The van der Waals surface area contributed by atoms with Crippen LogP contribution in [0.25, 0.3) is 11.3 Å². The van der Waals surface area contributed by atoms with E-state index in [2.05, 4.69) is 18.0 Å². The molecule has 154 valence electrons. The predicted octanol–water partition coefficient (Wildman–Crippen LogP) is 3.54. The molecule has 1 aliphatic rings. The molecule has 30 heavy (non-hydrogen) atoms. The predicted molar refractivity (Wildman–Crippen MR) is 115 cm³/mol. The number of fused-ring (bicyclic) bond motifs is 3. The van der Waals surface area contributed by atoms with Crippen LogP contribution in [-0.4, -0.2) is 21.7 Å². The second-order valence-electron chi connectivity index (χ2n) is 7.48. The molecular weight excluding hydrogens is 396 g/mol. The molecule has 0 fully saturated rings. The van der Waals surface area contributed by atoms with E-state index in [1.807, 2.05) is 50.2 Å². The Morgan fingerprint density at radius 3 is 2.73 bits per heavy atom. The van der Waals surface area contributed by atoms with Crippen LogP contribution in [0.4, 0.5) is 5.69 Å². The molecule has 1 aromatic heterocycles. The molecule has 0 saturated carbocycles. The van der Waals surface area contributed by atoms with Gasteiger partial charge in [0.1, 0.15) is 0 Å². The Kier molecular flexibility index (Phi) is 5.47. The molecule has 0 aliphatic carbocycles. The molecule has 2 heterocycles. The first-order valence-corrected chi connectivity index (χ1v) is 11.0. The Balaban J connectivity index is 2.05. The van der Waals surface area contributed by atoms with Gasteiger partial charge in [-0.25, -0.2) is 9.88 Å². The van der Waals surface area contributed by atoms with Crippen LogP contribution in [0.1, 0.15) is 43.1 Å². The van der Waals surface area contributed by atoms with Gasteiger partial charge >= 0.3 is 0 Å². The van der Waals surface area contributed by atoms with E-state index in [1.165, 1.54) is 11.8 Å². The van der Waals surface area contributed by atoms with E-state index in [1.54, 1.807) is 16.5 Å². The number of thioether (sulfide) groups is 1. The number of nitrogens with zero attached hydrogens (tertiary/aromatic N) is 4. The van der Waals surface area contributed by atoms with Crippen molar-refractivity contribution < 1.29 is 14.6 Å². The maximum absolute atomic E-state index is 13.1. The van der Waals surface area contributed by atoms with Gasteiger partial charge in [-0.1, -0.05) is 53.2 Å². The first-order chi connectivity index (χ1) is 14.4. The molecule has 7 heteroatoms. The highest BCUT2D eigenvalue weighted by molar-refractivity contribution is 7.99. The molecule has 6 nitrogen and oxygen atoms in total. The van der Waals surface area contributed by atoms with Crippen molar-refractivity contribution in [3.63, 3.8) is 0 Å². The molecular formula is C23H24N4O2S. The first-order valence-electron chi connectivity index (χ1n) is 10.0. The maximum atomic E-state index is 13.1. The Hall–Kier alpha value is -2.93. The van der Waals surface area contributed by atoms with Crippen LogP contribution in [0, 0.1) is 13.8 Å². The first kappa shape index (κ1) is 20.3. The van der Waals surface area contributed by atoms with E-state index >= 15 is 0 Å². The van der Waals surface area contributed by atoms with Gasteiger partial charge in [0.25, 0.3) is 17.0 Å². The van der Waals surface area contributed by atoms with Crippen LogP contribution in [0.3, 0.4) is 0 Å². The number of carbonyl (C=O) groups is 1. The standard InChI is InChI=1S/C23H24N4O2S/c1-5-12-30-23-24-21(29)20-17-8-6-7-9-19(17)26(16(4)28)22(27(20)25-23)18-13-14(2)10-11-15(18)3/h6-11,13,22H,5,12H2,1-4H3. The van der Waals surface area contributed by atoms with E-state index < -0.39 is 6.17 Å². The normalized spacial score (nSPS) is 14.9. The highest BCUT2D eigenvalue weighted by Gasteiger charge is 2.44. The van der Waals surface area contributed by atoms with Crippen molar-refractivity contribution in [2.24, 2.45) is 0 Å². The number of aromatic nitrogens is 3. The van der Waals surface area contributed by atoms with Crippen molar-refractivity contribution in [3.05, 3.63) is 59.2 Å². The monoisotopic (exact) mass is 420 g/mol. The Bertz CT molecular complexity index is 1130. The van der Waals surface area contributed by atoms with Gasteiger partial charge in [0.05, 0.1) is 17.1 Å². The fourth-order valence-corrected chi connectivity index (χ4v) is 4.53. The number of hydrogen-bond donors (Lipinski definition) is 0. The van der Waals surface area contributed by atoms with Crippen LogP contribution in [0.15, 0.2) is 47.6 Å². The lowest BCUT2D eigenvalue weighted by atomic mass is 9.97. The van der Waals surface area contributed by atoms with Gasteiger partial charge in [-0.15, -0.1) is 0 Å². The number of carbonyl (C=O) groups excluding carboxylic acids is 1. The second-order valence-corrected chi connectivity index (χ2v) is 8.54. The minimum absolute atomic E-state index is 0.111. The topological polar surface area (TPSA) is 73.0 Å². The fourth-order valence-electron chi connectivity index (χ4n) is 3.85. The number of amides is 1. The molecule has 1 amide bonds. The minimum atomic E-state index is -0.552. The number of para-hydroxylation sites is 1. The summed E-state index contributed by atoms with van der Waals surface area (Å²) in [4.78, 5) is 18.8. The molecule has 1 unspecified atom stereocenters. The zero-order valence-electron chi connectivity index (χ0n) is 17.5. The number of aryl methyl sites for hydroxylation is 2. The Morgan fingerprint density at radius 2 is 2.00 bits per heavy atom. The average molecular weight is 421 g/mol. The van der Waals surface area contributed by atoms with Crippen LogP contribution in [0.2, 0.25) is 0 Å². The summed E-state index contributed by atoms with van der Waals surface area (Å²) in [6.07, 6.45) is 0.399. The van der Waals surface area contributed by atoms with E-state index in [0.717, 1.165) is 28.9 Å². The lowest BCUT2D eigenvalue weighted by Crippen LogP contribution is -2.59. The summed E-state index contributed by atoms with van der Waals surface area (Å²) in [5.41, 5.74) is 4.84. The molecule has 0 saturated heterocycles. The van der Waals surface area contributed by atoms with Crippen molar-refractivity contribution in [2.75, 3.05) is 10.7 Å². The minimum Gasteiger partial charge on any atom is -0.854 e. The molecule has 1 atom stereocenters. The van der Waals surface area contributed by atoms with Crippen LogP contribution in [0.5, 0.6) is 5.88 Å². The molecule has 2 aromatic carbocycles. The summed E-state index contributed by atoms with van der Waals surface area (Å²) in [5, 5.41) is 18.3. The van der Waals surface area contributed by atoms with Crippen molar-refractivity contribution in [3.8, 4) is 17.1 Å². The summed E-state index contributed by atoms with van der Waals surface area (Å²) in [7, 11) is 0. The highest BCUT2D eigenvalue weighted by atomic mass is 32.2. The summed E-state index contributed by atoms with van der Waals surface area (Å²) >= 11 is 1.46. The van der Waals surface area contributed by atoms with Gasteiger partial charge in [-0.05, 0) is 44.0 Å². The third-order valence-corrected chi connectivity index (χ3v) is 6.25. The number of hydrogen-bond acceptors (Lipinski definition) is 5. The van der Waals surface area contributed by atoms with Gasteiger partial charge in [0, 0.05) is 23.3 Å². The SMILES string of the molecule is CCCSc1nc([O-])c2[n+](n1)C(c1cc(C)ccc1C)N(C(C)=O)c1ccccc1-2. The molecule has 0 radical (unpaired) electrons. The van der Waals surface area contributed by atoms with Crippen LogP contribution >= 0.6 is 11.8 Å². The van der Waals surface area contributed by atoms with E-state index in [-0.39, 0.29) is 11.8 Å². The number of rotatable bonds is 4. The van der Waals surface area contributed by atoms with E-state index in [4.69, 9.17) is 5.10 Å². The molecule has 1 aliphatic heterocycles. The van der Waals surface area contributed by atoms with E-state index in [0.29, 0.717) is 22.1 Å².